The average Bonchev–Trinajstić information content (AvgIpc) is 2.28. The van der Waals surface area contributed by atoms with Crippen LogP contribution in [0.3, 0.4) is 0 Å². The van der Waals surface area contributed by atoms with Crippen LogP contribution in [0.4, 0.5) is 5.82 Å². The van der Waals surface area contributed by atoms with Crippen LogP contribution >= 0.6 is 0 Å². The zero-order chi connectivity index (χ0) is 12.7. The molecule has 1 heterocycles. The van der Waals surface area contributed by atoms with Crippen LogP contribution in [0, 0.1) is 0 Å². The Labute approximate surface area is 96.4 Å². The molecule has 0 radical (unpaired) electrons. The Kier molecular flexibility index (Phi) is 4.92. The fraction of sp³-hybridized carbons (Fsp3) is 0.556. The Bertz CT molecular complexity index is 478. The molecule has 0 saturated carbocycles. The molecule has 0 unspecified atom stereocenters. The molecule has 0 aromatic carbocycles. The van der Waals surface area contributed by atoms with Gasteiger partial charge < -0.3 is 10.1 Å². The number of ether oxygens (including phenoxy) is 1. The zero-order valence-corrected chi connectivity index (χ0v) is 9.41. The molecule has 0 aliphatic rings. The van der Waals surface area contributed by atoms with Crippen LogP contribution in [0.5, 0.6) is 0 Å². The number of aromatic nitrogens is 3. The van der Waals surface area contributed by atoms with Crippen molar-refractivity contribution in [1.29, 1.82) is 0 Å². The first-order valence-electron chi connectivity index (χ1n) is 5.22. The predicted octanol–water partition coefficient (Wildman–Crippen LogP) is -0.787. The Hall–Kier alpha value is -2.12. The maximum atomic E-state index is 11.2. The number of carbonyl (C=O) groups excluding carboxylic acids is 1. The number of anilines is 1. The molecule has 0 fully saturated rings. The van der Waals surface area contributed by atoms with Crippen molar-refractivity contribution in [3.8, 4) is 0 Å². The van der Waals surface area contributed by atoms with Crippen molar-refractivity contribution < 1.29 is 9.53 Å². The van der Waals surface area contributed by atoms with E-state index in [4.69, 9.17) is 4.74 Å². The normalized spacial score (nSPS) is 9.94. The maximum absolute atomic E-state index is 11.2. The van der Waals surface area contributed by atoms with Crippen LogP contribution in [-0.4, -0.2) is 34.3 Å². The van der Waals surface area contributed by atoms with Crippen LogP contribution in [0.25, 0.3) is 0 Å². The van der Waals surface area contributed by atoms with E-state index in [1.54, 1.807) is 0 Å². The third kappa shape index (κ3) is 4.49. The lowest BCUT2D eigenvalue weighted by Gasteiger charge is -2.04. The van der Waals surface area contributed by atoms with Crippen LogP contribution < -0.4 is 16.6 Å². The van der Waals surface area contributed by atoms with E-state index in [1.807, 2.05) is 17.0 Å². The van der Waals surface area contributed by atoms with Gasteiger partial charge in [-0.2, -0.15) is 0 Å². The van der Waals surface area contributed by atoms with Crippen molar-refractivity contribution in [1.82, 2.24) is 15.2 Å². The molecule has 1 rings (SSSR count). The van der Waals surface area contributed by atoms with Gasteiger partial charge >= 0.3 is 11.7 Å². The number of esters is 1. The van der Waals surface area contributed by atoms with Crippen LogP contribution in [-0.2, 0) is 9.53 Å². The van der Waals surface area contributed by atoms with E-state index < -0.39 is 17.2 Å². The Balaban J connectivity index is 2.42. The minimum Gasteiger partial charge on any atom is -0.464 e. The lowest BCUT2D eigenvalue weighted by atomic mass is 10.4. The molecule has 0 amide bonds. The van der Waals surface area contributed by atoms with Crippen LogP contribution in [0.1, 0.15) is 19.8 Å². The number of aromatic amines is 2. The van der Waals surface area contributed by atoms with E-state index >= 15 is 0 Å². The Morgan fingerprint density at radius 2 is 2.24 bits per heavy atom. The van der Waals surface area contributed by atoms with Gasteiger partial charge in [-0.25, -0.2) is 9.89 Å². The van der Waals surface area contributed by atoms with Gasteiger partial charge in [0.25, 0.3) is 5.56 Å². The zero-order valence-electron chi connectivity index (χ0n) is 9.41. The first-order valence-corrected chi connectivity index (χ1v) is 5.22. The highest BCUT2D eigenvalue weighted by molar-refractivity contribution is 5.74. The molecular weight excluding hydrogens is 228 g/mol. The quantitative estimate of drug-likeness (QED) is 0.444. The maximum Gasteiger partial charge on any atom is 0.342 e. The monoisotopic (exact) mass is 242 g/mol. The van der Waals surface area contributed by atoms with Gasteiger partial charge in [0.1, 0.15) is 6.54 Å². The molecule has 1 aromatic rings. The second-order valence-electron chi connectivity index (χ2n) is 3.28. The smallest absolute Gasteiger partial charge is 0.342 e. The summed E-state index contributed by atoms with van der Waals surface area (Å²) in [6.07, 6.45) is 1.73. The molecule has 0 spiro atoms. The molecule has 0 aliphatic heterocycles. The molecule has 0 atom stereocenters. The van der Waals surface area contributed by atoms with Gasteiger partial charge in [0.2, 0.25) is 5.82 Å². The molecule has 0 aliphatic carbocycles. The van der Waals surface area contributed by atoms with E-state index in [2.05, 4.69) is 10.4 Å². The number of carbonyl (C=O) groups is 1. The van der Waals surface area contributed by atoms with Crippen molar-refractivity contribution in [2.75, 3.05) is 18.5 Å². The van der Waals surface area contributed by atoms with Crippen molar-refractivity contribution in [2.45, 2.75) is 19.8 Å². The largest absolute Gasteiger partial charge is 0.464 e. The van der Waals surface area contributed by atoms with Crippen molar-refractivity contribution in [2.24, 2.45) is 0 Å². The second kappa shape index (κ2) is 6.46. The summed E-state index contributed by atoms with van der Waals surface area (Å²) >= 11 is 0. The summed E-state index contributed by atoms with van der Waals surface area (Å²) in [6, 6.07) is 0. The highest BCUT2D eigenvalue weighted by Gasteiger charge is 2.06. The van der Waals surface area contributed by atoms with E-state index in [-0.39, 0.29) is 12.4 Å². The predicted molar refractivity (Wildman–Crippen MR) is 59.8 cm³/mol. The van der Waals surface area contributed by atoms with Gasteiger partial charge in [-0.05, 0) is 6.42 Å². The van der Waals surface area contributed by atoms with E-state index in [9.17, 15) is 14.4 Å². The second-order valence-corrected chi connectivity index (χ2v) is 3.28. The van der Waals surface area contributed by atoms with Gasteiger partial charge in [0.15, 0.2) is 0 Å². The van der Waals surface area contributed by atoms with Gasteiger partial charge in [0.05, 0.1) is 6.61 Å². The molecule has 0 saturated heterocycles. The third-order valence-electron chi connectivity index (χ3n) is 1.87. The summed E-state index contributed by atoms with van der Waals surface area (Å²) in [5.74, 6) is -0.608. The van der Waals surface area contributed by atoms with Gasteiger partial charge in [-0.15, -0.1) is 5.10 Å². The molecule has 17 heavy (non-hydrogen) atoms. The van der Waals surface area contributed by atoms with Crippen molar-refractivity contribution >= 4 is 11.8 Å². The standard InChI is InChI=1S/C9H14N4O4/c1-2-3-4-17-6(14)5-10-7-8(15)11-9(16)13-12-7/h2-5H2,1H3,(H,10,12)(H2,11,13,15,16). The number of hydrogen-bond acceptors (Lipinski definition) is 6. The number of unbranched alkanes of at least 4 members (excludes halogenated alkanes) is 1. The van der Waals surface area contributed by atoms with Crippen LogP contribution in [0.2, 0.25) is 0 Å². The number of nitrogens with zero attached hydrogens (tertiary/aromatic N) is 1. The first kappa shape index (κ1) is 12.9. The molecule has 1 aromatic heterocycles. The SMILES string of the molecule is CCCCOC(=O)CNc1n[nH]c(=O)[nH]c1=O. The van der Waals surface area contributed by atoms with Crippen LogP contribution in [0.15, 0.2) is 9.59 Å². The summed E-state index contributed by atoms with van der Waals surface area (Å²) in [4.78, 5) is 35.0. The summed E-state index contributed by atoms with van der Waals surface area (Å²) < 4.78 is 4.85. The number of hydrogen-bond donors (Lipinski definition) is 3. The molecule has 94 valence electrons. The number of rotatable bonds is 6. The minimum absolute atomic E-state index is 0.128. The molecule has 0 bridgehead atoms. The third-order valence-corrected chi connectivity index (χ3v) is 1.87. The average molecular weight is 242 g/mol. The number of H-pyrrole nitrogens is 2. The van der Waals surface area contributed by atoms with E-state index in [0.29, 0.717) is 6.61 Å². The lowest BCUT2D eigenvalue weighted by molar-refractivity contribution is -0.141. The van der Waals surface area contributed by atoms with Crippen molar-refractivity contribution in [3.63, 3.8) is 0 Å². The van der Waals surface area contributed by atoms with Gasteiger partial charge in [0, 0.05) is 0 Å². The summed E-state index contributed by atoms with van der Waals surface area (Å²) in [6.45, 7) is 2.16. The fourth-order valence-electron chi connectivity index (χ4n) is 1.00. The van der Waals surface area contributed by atoms with E-state index in [0.717, 1.165) is 12.8 Å². The Morgan fingerprint density at radius 1 is 1.47 bits per heavy atom. The molecular formula is C9H14N4O4. The summed E-state index contributed by atoms with van der Waals surface area (Å²) in [5, 5.41) is 7.95. The highest BCUT2D eigenvalue weighted by Crippen LogP contribution is 1.90. The molecule has 8 nitrogen and oxygen atoms in total. The first-order chi connectivity index (χ1) is 8.13. The van der Waals surface area contributed by atoms with Gasteiger partial charge in [-0.3, -0.25) is 14.6 Å². The van der Waals surface area contributed by atoms with Gasteiger partial charge in [-0.1, -0.05) is 13.3 Å². The molecule has 8 heteroatoms. The topological polar surface area (TPSA) is 117 Å². The van der Waals surface area contributed by atoms with E-state index in [1.165, 1.54) is 0 Å². The Morgan fingerprint density at radius 3 is 2.88 bits per heavy atom. The molecule has 3 N–H and O–H groups in total. The van der Waals surface area contributed by atoms with Crippen molar-refractivity contribution in [3.05, 3.63) is 20.8 Å². The summed E-state index contributed by atoms with van der Waals surface area (Å²) in [5.41, 5.74) is -1.39. The fourth-order valence-corrected chi connectivity index (χ4v) is 1.00. The minimum atomic E-state index is -0.703. The lowest BCUT2D eigenvalue weighted by Crippen LogP contribution is -2.29. The highest BCUT2D eigenvalue weighted by atomic mass is 16.5. The number of nitrogens with one attached hydrogen (secondary N) is 3. The summed E-state index contributed by atoms with van der Waals surface area (Å²) in [7, 11) is 0.